The molecule has 4 fully saturated rings. The van der Waals surface area contributed by atoms with E-state index in [1.165, 1.54) is 38.5 Å². The normalized spacial score (nSPS) is 37.9. The van der Waals surface area contributed by atoms with Gasteiger partial charge in [0, 0.05) is 19.7 Å². The van der Waals surface area contributed by atoms with Crippen molar-refractivity contribution in [2.75, 3.05) is 18.5 Å². The van der Waals surface area contributed by atoms with Crippen molar-refractivity contribution in [2.45, 2.75) is 38.5 Å². The van der Waals surface area contributed by atoms with Crippen LogP contribution in [0, 0.1) is 34.5 Å². The molecule has 5 rings (SSSR count). The SMILES string of the molecule is CN(CC12CC3CC(CC(C3)C1)C2)c1ccc(C#N)o1. The van der Waals surface area contributed by atoms with Crippen LogP contribution in [0.15, 0.2) is 16.5 Å². The Balaban J connectivity index is 1.52. The van der Waals surface area contributed by atoms with Gasteiger partial charge in [-0.25, -0.2) is 0 Å². The molecule has 3 heteroatoms. The molecule has 0 aromatic carbocycles. The number of anilines is 1. The van der Waals surface area contributed by atoms with Gasteiger partial charge in [-0.05, 0) is 67.8 Å². The lowest BCUT2D eigenvalue weighted by Crippen LogP contribution is -2.50. The minimum Gasteiger partial charge on any atom is -0.430 e. The van der Waals surface area contributed by atoms with Crippen LogP contribution in [0.2, 0.25) is 0 Å². The maximum atomic E-state index is 8.87. The second kappa shape index (κ2) is 4.28. The second-order valence-corrected chi connectivity index (χ2v) is 7.52. The summed E-state index contributed by atoms with van der Waals surface area (Å²) in [6.07, 6.45) is 8.70. The average molecular weight is 270 g/mol. The lowest BCUT2D eigenvalue weighted by molar-refractivity contribution is -0.0475. The summed E-state index contributed by atoms with van der Waals surface area (Å²) in [7, 11) is 2.11. The Bertz CT molecular complexity index is 518. The van der Waals surface area contributed by atoms with E-state index in [-0.39, 0.29) is 0 Å². The monoisotopic (exact) mass is 270 g/mol. The van der Waals surface area contributed by atoms with Gasteiger partial charge in [0.15, 0.2) is 5.88 Å². The highest BCUT2D eigenvalue weighted by molar-refractivity contribution is 5.38. The van der Waals surface area contributed by atoms with Crippen molar-refractivity contribution < 1.29 is 4.42 Å². The van der Waals surface area contributed by atoms with Crippen molar-refractivity contribution in [3.8, 4) is 6.07 Å². The highest BCUT2D eigenvalue weighted by atomic mass is 16.4. The highest BCUT2D eigenvalue weighted by Crippen LogP contribution is 2.60. The van der Waals surface area contributed by atoms with Crippen molar-refractivity contribution in [1.82, 2.24) is 0 Å². The lowest BCUT2D eigenvalue weighted by atomic mass is 9.49. The molecule has 4 aliphatic carbocycles. The molecule has 1 heterocycles. The van der Waals surface area contributed by atoms with Gasteiger partial charge in [-0.3, -0.25) is 0 Å². The Morgan fingerprint density at radius 3 is 2.30 bits per heavy atom. The van der Waals surface area contributed by atoms with Crippen LogP contribution < -0.4 is 4.90 Å². The molecule has 1 aromatic rings. The van der Waals surface area contributed by atoms with E-state index in [4.69, 9.17) is 9.68 Å². The first-order valence-electron chi connectivity index (χ1n) is 7.87. The molecule has 0 N–H and O–H groups in total. The number of furan rings is 1. The van der Waals surface area contributed by atoms with Gasteiger partial charge in [-0.1, -0.05) is 0 Å². The largest absolute Gasteiger partial charge is 0.430 e. The van der Waals surface area contributed by atoms with Crippen molar-refractivity contribution >= 4 is 5.88 Å². The van der Waals surface area contributed by atoms with Crippen LogP contribution in [-0.2, 0) is 0 Å². The predicted octanol–water partition coefficient (Wildman–Crippen LogP) is 3.80. The van der Waals surface area contributed by atoms with E-state index < -0.39 is 0 Å². The first kappa shape index (κ1) is 12.3. The van der Waals surface area contributed by atoms with Gasteiger partial charge in [0.25, 0.3) is 0 Å². The fourth-order valence-electron chi connectivity index (χ4n) is 5.66. The zero-order valence-corrected chi connectivity index (χ0v) is 12.1. The zero-order valence-electron chi connectivity index (χ0n) is 12.1. The third-order valence-corrected chi connectivity index (χ3v) is 5.82. The summed E-state index contributed by atoms with van der Waals surface area (Å²) in [5.74, 6) is 4.22. The summed E-state index contributed by atoms with van der Waals surface area (Å²) in [5.41, 5.74) is 0.517. The van der Waals surface area contributed by atoms with Crippen molar-refractivity contribution in [1.29, 1.82) is 5.26 Å². The number of nitrogens with zero attached hydrogens (tertiary/aromatic N) is 2. The predicted molar refractivity (Wildman–Crippen MR) is 77.3 cm³/mol. The smallest absolute Gasteiger partial charge is 0.206 e. The Hall–Kier alpha value is -1.43. The third kappa shape index (κ3) is 1.93. The van der Waals surface area contributed by atoms with E-state index in [1.54, 1.807) is 6.07 Å². The molecular weight excluding hydrogens is 248 g/mol. The molecule has 20 heavy (non-hydrogen) atoms. The molecule has 0 aliphatic heterocycles. The Labute approximate surface area is 120 Å². The number of nitriles is 1. The van der Waals surface area contributed by atoms with Crippen LogP contribution >= 0.6 is 0 Å². The zero-order chi connectivity index (χ0) is 13.7. The summed E-state index contributed by atoms with van der Waals surface area (Å²) in [6, 6.07) is 5.77. The van der Waals surface area contributed by atoms with Gasteiger partial charge in [0.1, 0.15) is 6.07 Å². The molecule has 0 saturated heterocycles. The summed E-state index contributed by atoms with van der Waals surface area (Å²) in [5, 5.41) is 8.87. The Morgan fingerprint density at radius 1 is 1.20 bits per heavy atom. The van der Waals surface area contributed by atoms with Crippen molar-refractivity contribution in [3.05, 3.63) is 17.9 Å². The first-order valence-corrected chi connectivity index (χ1v) is 7.87. The number of hydrogen-bond acceptors (Lipinski definition) is 3. The first-order chi connectivity index (χ1) is 9.66. The molecule has 0 amide bonds. The molecule has 106 valence electrons. The maximum absolute atomic E-state index is 8.87. The second-order valence-electron chi connectivity index (χ2n) is 7.52. The molecule has 1 aromatic heterocycles. The third-order valence-electron chi connectivity index (χ3n) is 5.82. The molecular formula is C17H22N2O. The van der Waals surface area contributed by atoms with Gasteiger partial charge in [-0.2, -0.15) is 5.26 Å². The number of rotatable bonds is 3. The molecule has 4 saturated carbocycles. The van der Waals surface area contributed by atoms with Gasteiger partial charge in [0.2, 0.25) is 5.76 Å². The minimum absolute atomic E-state index is 0.414. The summed E-state index contributed by atoms with van der Waals surface area (Å²) in [6.45, 7) is 1.09. The Kier molecular flexibility index (Phi) is 2.64. The van der Waals surface area contributed by atoms with Crippen LogP contribution in [0.3, 0.4) is 0 Å². The van der Waals surface area contributed by atoms with Crippen LogP contribution in [-0.4, -0.2) is 13.6 Å². The summed E-state index contributed by atoms with van der Waals surface area (Å²) >= 11 is 0. The molecule has 0 spiro atoms. The minimum atomic E-state index is 0.414. The maximum Gasteiger partial charge on any atom is 0.206 e. The van der Waals surface area contributed by atoms with Gasteiger partial charge >= 0.3 is 0 Å². The molecule has 4 aliphatic rings. The molecule has 4 bridgehead atoms. The van der Waals surface area contributed by atoms with Gasteiger partial charge in [0.05, 0.1) is 0 Å². The summed E-state index contributed by atoms with van der Waals surface area (Å²) < 4.78 is 5.57. The van der Waals surface area contributed by atoms with E-state index in [2.05, 4.69) is 18.0 Å². The Morgan fingerprint density at radius 2 is 1.80 bits per heavy atom. The highest BCUT2D eigenvalue weighted by Gasteiger charge is 2.51. The van der Waals surface area contributed by atoms with Crippen molar-refractivity contribution in [3.63, 3.8) is 0 Å². The molecule has 0 unspecified atom stereocenters. The van der Waals surface area contributed by atoms with E-state index in [0.29, 0.717) is 11.2 Å². The topological polar surface area (TPSA) is 40.2 Å². The molecule has 0 radical (unpaired) electrons. The fraction of sp³-hybridized carbons (Fsp3) is 0.706. The van der Waals surface area contributed by atoms with E-state index in [9.17, 15) is 0 Å². The van der Waals surface area contributed by atoms with Crippen LogP contribution in [0.5, 0.6) is 0 Å². The van der Waals surface area contributed by atoms with Crippen LogP contribution in [0.1, 0.15) is 44.3 Å². The lowest BCUT2D eigenvalue weighted by Gasteiger charge is -2.57. The van der Waals surface area contributed by atoms with Gasteiger partial charge < -0.3 is 9.32 Å². The van der Waals surface area contributed by atoms with Crippen molar-refractivity contribution in [2.24, 2.45) is 23.2 Å². The van der Waals surface area contributed by atoms with Crippen LogP contribution in [0.4, 0.5) is 5.88 Å². The van der Waals surface area contributed by atoms with Crippen LogP contribution in [0.25, 0.3) is 0 Å². The van der Waals surface area contributed by atoms with Gasteiger partial charge in [-0.15, -0.1) is 0 Å². The fourth-order valence-corrected chi connectivity index (χ4v) is 5.66. The van der Waals surface area contributed by atoms with E-state index >= 15 is 0 Å². The molecule has 3 nitrogen and oxygen atoms in total. The molecule has 0 atom stereocenters. The van der Waals surface area contributed by atoms with E-state index in [1.807, 2.05) is 6.07 Å². The average Bonchev–Trinajstić information content (AvgIpc) is 2.85. The number of hydrogen-bond donors (Lipinski definition) is 0. The van der Waals surface area contributed by atoms with E-state index in [0.717, 1.165) is 30.2 Å². The quantitative estimate of drug-likeness (QED) is 0.838. The summed E-state index contributed by atoms with van der Waals surface area (Å²) in [4.78, 5) is 2.23. The standard InChI is InChI=1S/C17H22N2O/c1-19(16-3-2-15(10-18)20-16)11-17-7-12-4-13(8-17)6-14(5-12)9-17/h2-3,12-14H,4-9,11H2,1H3.